The lowest BCUT2D eigenvalue weighted by Gasteiger charge is -2.26. The van der Waals surface area contributed by atoms with Crippen molar-refractivity contribution in [1.29, 1.82) is 0 Å². The first kappa shape index (κ1) is 15.1. The number of amides is 2. The molecule has 0 heterocycles. The molecule has 0 rings (SSSR count). The molecule has 0 aromatic heterocycles. The third-order valence-corrected chi connectivity index (χ3v) is 3.08. The molecule has 2 amide bonds. The maximum atomic E-state index is 11.6. The van der Waals surface area contributed by atoms with Gasteiger partial charge in [-0.25, -0.2) is 4.79 Å². The van der Waals surface area contributed by atoms with Gasteiger partial charge in [0.05, 0.1) is 0 Å². The highest BCUT2D eigenvalue weighted by Gasteiger charge is 2.19. The fourth-order valence-corrected chi connectivity index (χ4v) is 1.61. The minimum absolute atomic E-state index is 0.105. The van der Waals surface area contributed by atoms with E-state index in [1.165, 1.54) is 11.8 Å². The van der Waals surface area contributed by atoms with Gasteiger partial charge in [0, 0.05) is 13.1 Å². The maximum absolute atomic E-state index is 11.6. The van der Waals surface area contributed by atoms with Crippen molar-refractivity contribution in [2.45, 2.75) is 32.4 Å². The summed E-state index contributed by atoms with van der Waals surface area (Å²) in [4.78, 5) is 23.7. The van der Waals surface area contributed by atoms with E-state index in [1.807, 2.05) is 13.2 Å². The lowest BCUT2D eigenvalue weighted by Crippen LogP contribution is -2.48. The summed E-state index contributed by atoms with van der Waals surface area (Å²) in [5, 5.41) is 11.1. The Morgan fingerprint density at radius 2 is 2.00 bits per heavy atom. The third-order valence-electron chi connectivity index (χ3n) is 2.43. The van der Waals surface area contributed by atoms with Crippen molar-refractivity contribution in [3.8, 4) is 0 Å². The van der Waals surface area contributed by atoms with Crippen molar-refractivity contribution >= 4 is 23.8 Å². The Bertz CT molecular complexity index is 248. The van der Waals surface area contributed by atoms with Crippen LogP contribution in [0.2, 0.25) is 0 Å². The van der Waals surface area contributed by atoms with Gasteiger partial charge in [-0.15, -0.1) is 0 Å². The number of hydrogen-bond donors (Lipinski definition) is 2. The van der Waals surface area contributed by atoms with Crippen LogP contribution in [0.15, 0.2) is 0 Å². The molecule has 5 nitrogen and oxygen atoms in total. The molecule has 0 aliphatic carbocycles. The number of thioether (sulfide) groups is 1. The lowest BCUT2D eigenvalue weighted by atomic mass is 10.2. The van der Waals surface area contributed by atoms with Crippen LogP contribution < -0.4 is 5.32 Å². The summed E-state index contributed by atoms with van der Waals surface area (Å²) in [5.41, 5.74) is 0. The average molecular weight is 248 g/mol. The van der Waals surface area contributed by atoms with Crippen LogP contribution in [0, 0.1) is 0 Å². The number of hydrogen-bond acceptors (Lipinski definition) is 3. The molecule has 0 aromatic rings. The number of urea groups is 1. The Morgan fingerprint density at radius 3 is 2.44 bits per heavy atom. The normalized spacial score (nSPS) is 14.0. The maximum Gasteiger partial charge on any atom is 0.325 e. The first-order chi connectivity index (χ1) is 7.40. The van der Waals surface area contributed by atoms with Crippen LogP contribution in [0.5, 0.6) is 0 Å². The molecule has 0 saturated carbocycles. The van der Waals surface area contributed by atoms with Crippen LogP contribution in [-0.2, 0) is 4.79 Å². The summed E-state index contributed by atoms with van der Waals surface area (Å²) < 4.78 is 0. The molecule has 0 aromatic carbocycles. The van der Waals surface area contributed by atoms with Crippen LogP contribution in [0.4, 0.5) is 4.79 Å². The zero-order valence-electron chi connectivity index (χ0n) is 10.2. The van der Waals surface area contributed by atoms with Crippen LogP contribution in [0.3, 0.4) is 0 Å². The number of aliphatic carboxylic acids is 1. The van der Waals surface area contributed by atoms with Gasteiger partial charge in [0.1, 0.15) is 6.04 Å². The molecule has 0 spiro atoms. The van der Waals surface area contributed by atoms with Crippen LogP contribution in [0.25, 0.3) is 0 Å². The highest BCUT2D eigenvalue weighted by Crippen LogP contribution is 2.06. The van der Waals surface area contributed by atoms with Gasteiger partial charge in [-0.2, -0.15) is 11.8 Å². The fraction of sp³-hybridized carbons (Fsp3) is 0.800. The molecule has 16 heavy (non-hydrogen) atoms. The first-order valence-electron chi connectivity index (χ1n) is 5.15. The summed E-state index contributed by atoms with van der Waals surface area (Å²) >= 11 is 1.73. The Hall–Kier alpha value is -0.910. The number of nitrogens with one attached hydrogen (secondary N) is 1. The zero-order chi connectivity index (χ0) is 12.7. The molecule has 0 radical (unpaired) electrons. The number of carboxylic acids is 1. The fourth-order valence-electron chi connectivity index (χ4n) is 1.03. The number of rotatable bonds is 6. The molecule has 0 saturated heterocycles. The van der Waals surface area contributed by atoms with Gasteiger partial charge in [0.2, 0.25) is 0 Å². The number of carbonyl (C=O) groups excluding carboxylic acids is 1. The summed E-state index contributed by atoms with van der Waals surface area (Å²) in [6, 6.07) is -1.10. The van der Waals surface area contributed by atoms with Gasteiger partial charge in [-0.1, -0.05) is 0 Å². The van der Waals surface area contributed by atoms with E-state index >= 15 is 0 Å². The predicted molar refractivity (Wildman–Crippen MR) is 65.9 cm³/mol. The quantitative estimate of drug-likeness (QED) is 0.742. The topological polar surface area (TPSA) is 69.6 Å². The Morgan fingerprint density at radius 1 is 1.44 bits per heavy atom. The first-order valence-corrected chi connectivity index (χ1v) is 6.54. The van der Waals surface area contributed by atoms with Crippen LogP contribution in [0.1, 0.15) is 20.3 Å². The van der Waals surface area contributed by atoms with E-state index in [2.05, 4.69) is 5.32 Å². The highest BCUT2D eigenvalue weighted by atomic mass is 32.2. The number of carbonyl (C=O) groups is 2. The number of nitrogens with zero attached hydrogens (tertiary/aromatic N) is 1. The average Bonchev–Trinajstić information content (AvgIpc) is 2.24. The van der Waals surface area contributed by atoms with Crippen LogP contribution >= 0.6 is 11.8 Å². The summed E-state index contributed by atoms with van der Waals surface area (Å²) in [6.07, 6.45) is 2.91. The summed E-state index contributed by atoms with van der Waals surface area (Å²) in [6.45, 7) is 3.39. The largest absolute Gasteiger partial charge is 0.480 e. The van der Waals surface area contributed by atoms with Gasteiger partial charge in [-0.3, -0.25) is 4.79 Å². The number of carboxylic acid groups (broad SMARTS) is 1. The Balaban J connectivity index is 4.11. The Labute approximate surface area is 101 Å². The molecule has 6 heteroatoms. The van der Waals surface area contributed by atoms with Crippen LogP contribution in [-0.4, -0.2) is 53.1 Å². The molecule has 94 valence electrons. The van der Waals surface area contributed by atoms with Crippen molar-refractivity contribution in [2.75, 3.05) is 19.1 Å². The molecule has 0 aliphatic rings. The third kappa shape index (κ3) is 5.25. The van der Waals surface area contributed by atoms with Gasteiger partial charge >= 0.3 is 12.0 Å². The molecule has 2 N–H and O–H groups in total. The Kier molecular flexibility index (Phi) is 6.96. The second kappa shape index (κ2) is 7.38. The second-order valence-corrected chi connectivity index (χ2v) is 4.74. The second-order valence-electron chi connectivity index (χ2n) is 3.75. The molecule has 0 bridgehead atoms. The lowest BCUT2D eigenvalue weighted by molar-refractivity contribution is -0.138. The van der Waals surface area contributed by atoms with Crippen molar-refractivity contribution in [3.63, 3.8) is 0 Å². The van der Waals surface area contributed by atoms with Crippen molar-refractivity contribution in [1.82, 2.24) is 10.2 Å². The van der Waals surface area contributed by atoms with E-state index in [1.54, 1.807) is 18.8 Å². The van der Waals surface area contributed by atoms with E-state index in [0.717, 1.165) is 12.2 Å². The molecule has 0 fully saturated rings. The molecular formula is C10H20N2O3S. The molecule has 1 unspecified atom stereocenters. The van der Waals surface area contributed by atoms with Crippen molar-refractivity contribution in [3.05, 3.63) is 0 Å². The molecule has 2 atom stereocenters. The minimum Gasteiger partial charge on any atom is -0.480 e. The van der Waals surface area contributed by atoms with Gasteiger partial charge in [0.25, 0.3) is 0 Å². The molecule has 0 aliphatic heterocycles. The van der Waals surface area contributed by atoms with E-state index in [0.29, 0.717) is 0 Å². The van der Waals surface area contributed by atoms with Gasteiger partial charge in [0.15, 0.2) is 0 Å². The zero-order valence-corrected chi connectivity index (χ0v) is 11.0. The SMILES string of the molecule is CSCCC(C)N(C)C(=O)N[C@H](C)C(=O)O. The van der Waals surface area contributed by atoms with Crippen molar-refractivity contribution in [2.24, 2.45) is 0 Å². The highest BCUT2D eigenvalue weighted by molar-refractivity contribution is 7.98. The molecular weight excluding hydrogens is 228 g/mol. The van der Waals surface area contributed by atoms with E-state index < -0.39 is 12.0 Å². The smallest absolute Gasteiger partial charge is 0.325 e. The monoisotopic (exact) mass is 248 g/mol. The van der Waals surface area contributed by atoms with Gasteiger partial charge in [-0.05, 0) is 32.3 Å². The summed E-state index contributed by atoms with van der Waals surface area (Å²) in [5.74, 6) is -0.0497. The minimum atomic E-state index is -1.03. The van der Waals surface area contributed by atoms with E-state index in [-0.39, 0.29) is 12.1 Å². The van der Waals surface area contributed by atoms with E-state index in [4.69, 9.17) is 5.11 Å². The predicted octanol–water partition coefficient (Wildman–Crippen LogP) is 1.24. The van der Waals surface area contributed by atoms with Gasteiger partial charge < -0.3 is 15.3 Å². The van der Waals surface area contributed by atoms with E-state index in [9.17, 15) is 9.59 Å². The summed E-state index contributed by atoms with van der Waals surface area (Å²) in [7, 11) is 1.68. The standard InChI is InChI=1S/C10H20N2O3S/c1-7(5-6-16-4)12(3)10(15)11-8(2)9(13)14/h7-8H,5-6H2,1-4H3,(H,11,15)(H,13,14)/t7?,8-/m1/s1. The van der Waals surface area contributed by atoms with Crippen molar-refractivity contribution < 1.29 is 14.7 Å².